The van der Waals surface area contributed by atoms with Gasteiger partial charge in [-0.05, 0) is 36.6 Å². The van der Waals surface area contributed by atoms with Crippen LogP contribution in [0.3, 0.4) is 0 Å². The molecule has 0 radical (unpaired) electrons. The van der Waals surface area contributed by atoms with E-state index in [0.717, 1.165) is 24.4 Å². The van der Waals surface area contributed by atoms with E-state index < -0.39 is 11.6 Å². The first kappa shape index (κ1) is 16.1. The second-order valence-electron chi connectivity index (χ2n) is 5.52. The molecular weight excluding hydrogens is 244 g/mol. The zero-order valence-electron chi connectivity index (χ0n) is 12.0. The molecule has 0 aliphatic heterocycles. The molecule has 0 aliphatic carbocycles. The molecule has 0 atom stereocenters. The first-order valence-corrected chi connectivity index (χ1v) is 7.24. The maximum absolute atomic E-state index is 13.0. The van der Waals surface area contributed by atoms with Gasteiger partial charge >= 0.3 is 0 Å². The Morgan fingerprint density at radius 1 is 1.00 bits per heavy atom. The highest BCUT2D eigenvalue weighted by Crippen LogP contribution is 2.10. The van der Waals surface area contributed by atoms with Crippen molar-refractivity contribution < 1.29 is 8.78 Å². The van der Waals surface area contributed by atoms with E-state index in [-0.39, 0.29) is 0 Å². The zero-order valence-corrected chi connectivity index (χ0v) is 12.0. The maximum atomic E-state index is 13.0. The van der Waals surface area contributed by atoms with E-state index in [4.69, 9.17) is 0 Å². The second kappa shape index (κ2) is 9.03. The monoisotopic (exact) mass is 269 g/mol. The quantitative estimate of drug-likeness (QED) is 0.643. The molecule has 0 bridgehead atoms. The normalized spacial score (nSPS) is 11.2. The smallest absolute Gasteiger partial charge is 0.159 e. The van der Waals surface area contributed by atoms with E-state index in [2.05, 4.69) is 19.2 Å². The zero-order chi connectivity index (χ0) is 14.1. The molecule has 0 spiro atoms. The minimum absolute atomic E-state index is 0.600. The van der Waals surface area contributed by atoms with Gasteiger partial charge < -0.3 is 5.32 Å². The van der Waals surface area contributed by atoms with Crippen molar-refractivity contribution in [1.29, 1.82) is 0 Å². The van der Waals surface area contributed by atoms with Crippen molar-refractivity contribution in [2.75, 3.05) is 6.54 Å². The molecule has 1 aromatic carbocycles. The summed E-state index contributed by atoms with van der Waals surface area (Å²) in [6.07, 6.45) is 6.27. The van der Waals surface area contributed by atoms with Crippen LogP contribution in [0.4, 0.5) is 8.78 Å². The summed E-state index contributed by atoms with van der Waals surface area (Å²) in [5.74, 6) is -0.756. The van der Waals surface area contributed by atoms with Gasteiger partial charge in [0.25, 0.3) is 0 Å². The largest absolute Gasteiger partial charge is 0.313 e. The van der Waals surface area contributed by atoms with Gasteiger partial charge in [0.2, 0.25) is 0 Å². The Balaban J connectivity index is 2.03. The minimum atomic E-state index is -0.783. The number of benzene rings is 1. The average Bonchev–Trinajstić information content (AvgIpc) is 2.36. The Kier molecular flexibility index (Phi) is 7.65. The number of nitrogens with one attached hydrogen (secondary N) is 1. The summed E-state index contributed by atoms with van der Waals surface area (Å²) in [5, 5.41) is 3.26. The van der Waals surface area contributed by atoms with Crippen LogP contribution in [0.25, 0.3) is 0 Å². The van der Waals surface area contributed by atoms with Gasteiger partial charge in [0, 0.05) is 6.54 Å². The summed E-state index contributed by atoms with van der Waals surface area (Å²) in [4.78, 5) is 0. The predicted octanol–water partition coefficient (Wildman–Crippen LogP) is 4.66. The molecule has 1 rings (SSSR count). The Morgan fingerprint density at radius 2 is 1.74 bits per heavy atom. The lowest BCUT2D eigenvalue weighted by Crippen LogP contribution is -2.14. The molecule has 3 heteroatoms. The highest BCUT2D eigenvalue weighted by Gasteiger charge is 2.01. The molecule has 0 unspecified atom stereocenters. The van der Waals surface area contributed by atoms with E-state index in [0.29, 0.717) is 6.54 Å². The number of halogens is 2. The van der Waals surface area contributed by atoms with Crippen molar-refractivity contribution in [3.8, 4) is 0 Å². The van der Waals surface area contributed by atoms with Crippen LogP contribution in [0.2, 0.25) is 0 Å². The molecule has 0 saturated carbocycles. The van der Waals surface area contributed by atoms with E-state index in [1.165, 1.54) is 37.8 Å². The molecule has 19 heavy (non-hydrogen) atoms. The Morgan fingerprint density at radius 3 is 2.42 bits per heavy atom. The first-order valence-electron chi connectivity index (χ1n) is 7.24. The van der Waals surface area contributed by atoms with Gasteiger partial charge in [0.1, 0.15) is 0 Å². The number of unbranched alkanes of at least 4 members (excludes halogenated alkanes) is 3. The Bertz CT molecular complexity index is 364. The summed E-state index contributed by atoms with van der Waals surface area (Å²) in [7, 11) is 0. The molecule has 1 aromatic rings. The first-order chi connectivity index (χ1) is 9.09. The molecule has 0 amide bonds. The molecule has 1 N–H and O–H groups in total. The molecule has 108 valence electrons. The fraction of sp³-hybridized carbons (Fsp3) is 0.625. The lowest BCUT2D eigenvalue weighted by atomic mass is 10.0. The van der Waals surface area contributed by atoms with Crippen LogP contribution in [-0.4, -0.2) is 6.54 Å². The molecule has 0 saturated heterocycles. The van der Waals surface area contributed by atoms with Gasteiger partial charge in [0.15, 0.2) is 11.6 Å². The lowest BCUT2D eigenvalue weighted by Gasteiger charge is -2.06. The molecule has 0 heterocycles. The third-order valence-electron chi connectivity index (χ3n) is 3.20. The Hall–Kier alpha value is -0.960. The topological polar surface area (TPSA) is 12.0 Å². The SMILES string of the molecule is CC(C)CCCCCCNCc1ccc(F)c(F)c1. The molecule has 0 aliphatic rings. The molecule has 1 nitrogen and oxygen atoms in total. The van der Waals surface area contributed by atoms with Crippen molar-refractivity contribution in [3.63, 3.8) is 0 Å². The van der Waals surface area contributed by atoms with Crippen molar-refractivity contribution in [2.45, 2.75) is 52.5 Å². The summed E-state index contributed by atoms with van der Waals surface area (Å²) >= 11 is 0. The van der Waals surface area contributed by atoms with Crippen LogP contribution in [-0.2, 0) is 6.54 Å². The molecule has 0 aromatic heterocycles. The van der Waals surface area contributed by atoms with Gasteiger partial charge in [-0.2, -0.15) is 0 Å². The number of rotatable bonds is 9. The van der Waals surface area contributed by atoms with Crippen molar-refractivity contribution in [2.24, 2.45) is 5.92 Å². The van der Waals surface area contributed by atoms with Gasteiger partial charge in [-0.15, -0.1) is 0 Å². The second-order valence-corrected chi connectivity index (χ2v) is 5.52. The van der Waals surface area contributed by atoms with Gasteiger partial charge in [-0.3, -0.25) is 0 Å². The van der Waals surface area contributed by atoms with Crippen LogP contribution < -0.4 is 5.32 Å². The minimum Gasteiger partial charge on any atom is -0.313 e. The highest BCUT2D eigenvalue weighted by atomic mass is 19.2. The molecule has 0 fully saturated rings. The van der Waals surface area contributed by atoms with Crippen LogP contribution in [0.5, 0.6) is 0 Å². The third-order valence-corrected chi connectivity index (χ3v) is 3.20. The maximum Gasteiger partial charge on any atom is 0.159 e. The fourth-order valence-electron chi connectivity index (χ4n) is 2.04. The van der Waals surface area contributed by atoms with E-state index >= 15 is 0 Å². The van der Waals surface area contributed by atoms with Crippen LogP contribution in [0, 0.1) is 17.6 Å². The van der Waals surface area contributed by atoms with E-state index in [9.17, 15) is 8.78 Å². The number of hydrogen-bond acceptors (Lipinski definition) is 1. The van der Waals surface area contributed by atoms with Crippen molar-refractivity contribution >= 4 is 0 Å². The van der Waals surface area contributed by atoms with E-state index in [1.807, 2.05) is 0 Å². The van der Waals surface area contributed by atoms with Gasteiger partial charge in [0.05, 0.1) is 0 Å². The van der Waals surface area contributed by atoms with Crippen LogP contribution >= 0.6 is 0 Å². The average molecular weight is 269 g/mol. The standard InChI is InChI=1S/C16H25F2N/c1-13(2)7-5-3-4-6-10-19-12-14-8-9-15(17)16(18)11-14/h8-9,11,13,19H,3-7,10,12H2,1-2H3. The summed E-state index contributed by atoms with van der Waals surface area (Å²) < 4.78 is 25.7. The van der Waals surface area contributed by atoms with E-state index in [1.54, 1.807) is 6.07 Å². The summed E-state index contributed by atoms with van der Waals surface area (Å²) in [6.45, 7) is 6.04. The predicted molar refractivity (Wildman–Crippen MR) is 76.0 cm³/mol. The summed E-state index contributed by atoms with van der Waals surface area (Å²) in [5.41, 5.74) is 0.790. The van der Waals surface area contributed by atoms with Gasteiger partial charge in [-0.1, -0.05) is 45.6 Å². The Labute approximate surface area is 115 Å². The fourth-order valence-corrected chi connectivity index (χ4v) is 2.04. The third kappa shape index (κ3) is 7.26. The van der Waals surface area contributed by atoms with Crippen molar-refractivity contribution in [3.05, 3.63) is 35.4 Å². The van der Waals surface area contributed by atoms with Gasteiger partial charge in [-0.25, -0.2) is 8.78 Å². The van der Waals surface area contributed by atoms with Crippen molar-refractivity contribution in [1.82, 2.24) is 5.32 Å². The summed E-state index contributed by atoms with van der Waals surface area (Å²) in [6, 6.07) is 4.05. The highest BCUT2D eigenvalue weighted by molar-refractivity contribution is 5.17. The molecular formula is C16H25F2N. The number of hydrogen-bond donors (Lipinski definition) is 1. The lowest BCUT2D eigenvalue weighted by molar-refractivity contribution is 0.503. The van der Waals surface area contributed by atoms with Crippen LogP contribution in [0.15, 0.2) is 18.2 Å². The van der Waals surface area contributed by atoms with Crippen LogP contribution in [0.1, 0.15) is 51.5 Å².